The monoisotopic (exact) mass is 396 g/mol. The standard InChI is InChI=1S/C26H36O3/c1-5-26(28-17(2)29-26)25-14-12-24(13-15-25)22-9-6-18-16-19(27-4)7-8-20(18)21(22)10-11-23(24,25)3/h7,12,14,17,21-22H,5-6,8-11,13,15-16H2,1-4H3/t17?,21-,22-,23+,24?,25+,26?/m1/s1. The normalized spacial score (nSPS) is 52.4. The van der Waals surface area contributed by atoms with Gasteiger partial charge in [0.1, 0.15) is 0 Å². The first-order valence-corrected chi connectivity index (χ1v) is 11.9. The molecule has 6 rings (SSSR count). The van der Waals surface area contributed by atoms with E-state index >= 15 is 0 Å². The molecule has 0 radical (unpaired) electrons. The highest BCUT2D eigenvalue weighted by atomic mass is 16.9. The molecule has 5 aliphatic carbocycles. The highest BCUT2D eigenvalue weighted by Gasteiger charge is 2.78. The van der Waals surface area contributed by atoms with Crippen LogP contribution in [0.4, 0.5) is 0 Å². The van der Waals surface area contributed by atoms with Gasteiger partial charge in [0.05, 0.1) is 12.9 Å². The van der Waals surface area contributed by atoms with Crippen molar-refractivity contribution in [1.29, 1.82) is 0 Å². The van der Waals surface area contributed by atoms with Crippen molar-refractivity contribution in [1.82, 2.24) is 0 Å². The zero-order valence-corrected chi connectivity index (χ0v) is 18.6. The van der Waals surface area contributed by atoms with Crippen LogP contribution in [-0.4, -0.2) is 19.2 Å². The Labute approximate surface area is 175 Å². The van der Waals surface area contributed by atoms with Gasteiger partial charge in [0.15, 0.2) is 12.1 Å². The summed E-state index contributed by atoms with van der Waals surface area (Å²) in [7, 11) is 1.82. The average Bonchev–Trinajstić information content (AvgIpc) is 3.15. The van der Waals surface area contributed by atoms with Gasteiger partial charge in [0, 0.05) is 11.8 Å². The Morgan fingerprint density at radius 2 is 1.97 bits per heavy atom. The average molecular weight is 397 g/mol. The van der Waals surface area contributed by atoms with Gasteiger partial charge >= 0.3 is 0 Å². The summed E-state index contributed by atoms with van der Waals surface area (Å²) in [5.41, 5.74) is 4.11. The molecule has 0 N–H and O–H groups in total. The lowest BCUT2D eigenvalue weighted by Crippen LogP contribution is -2.66. The fourth-order valence-corrected chi connectivity index (χ4v) is 9.14. The number of hydrogen-bond acceptors (Lipinski definition) is 3. The maximum Gasteiger partial charge on any atom is 0.183 e. The molecule has 1 heterocycles. The summed E-state index contributed by atoms with van der Waals surface area (Å²) in [6.45, 7) is 6.89. The Kier molecular flexibility index (Phi) is 3.73. The van der Waals surface area contributed by atoms with E-state index in [1.807, 2.05) is 14.0 Å². The molecule has 0 aromatic heterocycles. The highest BCUT2D eigenvalue weighted by molar-refractivity contribution is 5.41. The third-order valence-corrected chi connectivity index (χ3v) is 10.4. The molecule has 2 saturated carbocycles. The zero-order chi connectivity index (χ0) is 20.1. The van der Waals surface area contributed by atoms with Crippen molar-refractivity contribution < 1.29 is 14.2 Å². The third-order valence-electron chi connectivity index (χ3n) is 10.4. The van der Waals surface area contributed by atoms with Crippen molar-refractivity contribution in [3.63, 3.8) is 0 Å². The van der Waals surface area contributed by atoms with Crippen molar-refractivity contribution >= 4 is 0 Å². The Morgan fingerprint density at radius 1 is 1.14 bits per heavy atom. The van der Waals surface area contributed by atoms with E-state index in [1.165, 1.54) is 44.3 Å². The van der Waals surface area contributed by atoms with Crippen LogP contribution in [0.2, 0.25) is 0 Å². The van der Waals surface area contributed by atoms with Crippen molar-refractivity contribution in [3.8, 4) is 0 Å². The molecular formula is C26H36O3. The molecule has 1 unspecified atom stereocenters. The van der Waals surface area contributed by atoms with Crippen LogP contribution in [0, 0.1) is 28.1 Å². The van der Waals surface area contributed by atoms with Gasteiger partial charge < -0.3 is 14.2 Å². The SMILES string of the molecule is CCC1([C@@]23C=CC4(CC2)[C@@H]2CCC5=C(CC=C(OC)C5)[C@H]2CC[C@@]43C)OC(C)O1. The number of fused-ring (bicyclic) bond motifs is 2. The molecule has 0 aromatic rings. The van der Waals surface area contributed by atoms with Crippen molar-refractivity contribution in [2.75, 3.05) is 7.11 Å². The van der Waals surface area contributed by atoms with Gasteiger partial charge in [-0.2, -0.15) is 0 Å². The lowest BCUT2D eigenvalue weighted by molar-refractivity contribution is -0.486. The van der Waals surface area contributed by atoms with E-state index in [9.17, 15) is 0 Å². The zero-order valence-electron chi connectivity index (χ0n) is 18.6. The smallest absolute Gasteiger partial charge is 0.183 e. The van der Waals surface area contributed by atoms with Gasteiger partial charge in [-0.15, -0.1) is 0 Å². The first-order valence-electron chi connectivity index (χ1n) is 11.9. The molecule has 3 heteroatoms. The maximum atomic E-state index is 6.43. The van der Waals surface area contributed by atoms with E-state index in [1.54, 1.807) is 11.1 Å². The number of allylic oxidation sites excluding steroid dienone is 4. The Bertz CT molecular complexity index is 831. The molecule has 0 aromatic carbocycles. The predicted molar refractivity (Wildman–Crippen MR) is 113 cm³/mol. The first kappa shape index (κ1) is 18.7. The van der Waals surface area contributed by atoms with E-state index in [0.29, 0.717) is 5.41 Å². The molecule has 0 amide bonds. The molecule has 1 saturated heterocycles. The number of rotatable bonds is 3. The predicted octanol–water partition coefficient (Wildman–Crippen LogP) is 6.27. The second kappa shape index (κ2) is 5.79. The topological polar surface area (TPSA) is 27.7 Å². The molecule has 1 aliphatic heterocycles. The summed E-state index contributed by atoms with van der Waals surface area (Å²) in [4.78, 5) is 0. The van der Waals surface area contributed by atoms with Gasteiger partial charge in [-0.3, -0.25) is 0 Å². The molecular weight excluding hydrogens is 360 g/mol. The minimum absolute atomic E-state index is 0.0522. The van der Waals surface area contributed by atoms with E-state index < -0.39 is 5.79 Å². The molecule has 0 spiro atoms. The van der Waals surface area contributed by atoms with Crippen LogP contribution in [0.15, 0.2) is 35.1 Å². The van der Waals surface area contributed by atoms with Crippen LogP contribution in [0.5, 0.6) is 0 Å². The fraction of sp³-hybridized carbons (Fsp3) is 0.769. The first-order chi connectivity index (χ1) is 13.9. The summed E-state index contributed by atoms with van der Waals surface area (Å²) >= 11 is 0. The number of methoxy groups -OCH3 is 1. The lowest BCUT2D eigenvalue weighted by Gasteiger charge is -2.63. The van der Waals surface area contributed by atoms with Gasteiger partial charge in [-0.1, -0.05) is 37.1 Å². The van der Waals surface area contributed by atoms with Gasteiger partial charge in [0.2, 0.25) is 0 Å². The maximum absolute atomic E-state index is 6.43. The van der Waals surface area contributed by atoms with Gasteiger partial charge in [-0.25, -0.2) is 0 Å². The quantitative estimate of drug-likeness (QED) is 0.526. The molecule has 3 fully saturated rings. The molecule has 6 aliphatic rings. The fourth-order valence-electron chi connectivity index (χ4n) is 9.14. The minimum Gasteiger partial charge on any atom is -0.501 e. The molecule has 2 bridgehead atoms. The second-order valence-electron chi connectivity index (χ2n) is 10.8. The van der Waals surface area contributed by atoms with E-state index in [-0.39, 0.29) is 17.1 Å². The Morgan fingerprint density at radius 3 is 2.62 bits per heavy atom. The van der Waals surface area contributed by atoms with Crippen molar-refractivity contribution in [2.24, 2.45) is 28.1 Å². The van der Waals surface area contributed by atoms with E-state index in [4.69, 9.17) is 14.2 Å². The Balaban J connectivity index is 1.37. The molecule has 158 valence electrons. The van der Waals surface area contributed by atoms with Crippen LogP contribution >= 0.6 is 0 Å². The molecule has 5 atom stereocenters. The van der Waals surface area contributed by atoms with Crippen molar-refractivity contribution in [3.05, 3.63) is 35.1 Å². The van der Waals surface area contributed by atoms with E-state index in [0.717, 1.165) is 31.1 Å². The van der Waals surface area contributed by atoms with Crippen LogP contribution < -0.4 is 0 Å². The van der Waals surface area contributed by atoms with Crippen molar-refractivity contribution in [2.45, 2.75) is 90.6 Å². The second-order valence-corrected chi connectivity index (χ2v) is 10.8. The summed E-state index contributed by atoms with van der Waals surface area (Å²) in [6, 6.07) is 0. The Hall–Kier alpha value is -1.06. The summed E-state index contributed by atoms with van der Waals surface area (Å²) < 4.78 is 18.5. The lowest BCUT2D eigenvalue weighted by atomic mass is 9.45. The van der Waals surface area contributed by atoms with Crippen LogP contribution in [0.1, 0.15) is 78.6 Å². The molecule has 3 nitrogen and oxygen atoms in total. The van der Waals surface area contributed by atoms with Gasteiger partial charge in [-0.05, 0) is 87.0 Å². The summed E-state index contributed by atoms with van der Waals surface area (Å²) in [5.74, 6) is 2.33. The highest BCUT2D eigenvalue weighted by Crippen LogP contribution is 2.81. The minimum atomic E-state index is -0.400. The number of hydrogen-bond donors (Lipinski definition) is 0. The van der Waals surface area contributed by atoms with Crippen LogP contribution in [0.25, 0.3) is 0 Å². The largest absolute Gasteiger partial charge is 0.501 e. The summed E-state index contributed by atoms with van der Waals surface area (Å²) in [6.07, 6.45) is 18.4. The molecule has 29 heavy (non-hydrogen) atoms. The van der Waals surface area contributed by atoms with Crippen LogP contribution in [-0.2, 0) is 14.2 Å². The van der Waals surface area contributed by atoms with Gasteiger partial charge in [0.25, 0.3) is 0 Å². The summed E-state index contributed by atoms with van der Waals surface area (Å²) in [5, 5.41) is 0. The van der Waals surface area contributed by atoms with E-state index in [2.05, 4.69) is 32.1 Å². The number of ether oxygens (including phenoxy) is 3. The van der Waals surface area contributed by atoms with Crippen LogP contribution in [0.3, 0.4) is 0 Å². The third kappa shape index (κ3) is 1.94.